The summed E-state index contributed by atoms with van der Waals surface area (Å²) in [4.78, 5) is 42.1. The predicted octanol–water partition coefficient (Wildman–Crippen LogP) is 22.7. The van der Waals surface area contributed by atoms with Crippen molar-refractivity contribution in [1.82, 2.24) is 38.7 Å². The molecule has 0 N–H and O–H groups in total. The van der Waals surface area contributed by atoms with Crippen molar-refractivity contribution in [3.63, 3.8) is 0 Å². The SMILES string of the molecule is c1ccc(N(c2ccccc2)c2cnc3c(c2)c2cc(N(c4ccccc4)c4ccccc4)cc4c5c6nc(-c7ccncc7)c(-c7ccncc7)nc6c6c7cc(N(c8ccccc8)c8ccccc8)cc8c9cc(N(c%10ccccc%10)c%10ccccc%10)cnc9n(c87)c6c5n3c24)cc1. The van der Waals surface area contributed by atoms with Gasteiger partial charge in [-0.25, -0.2) is 19.9 Å². The Kier molecular flexibility index (Phi) is 13.0. The van der Waals surface area contributed by atoms with Crippen LogP contribution in [0.25, 0.3) is 110 Å². The smallest absolute Gasteiger partial charge is 0.145 e. The molecule has 0 amide bonds. The molecule has 468 valence electrons. The molecule has 0 unspecified atom stereocenters. The quantitative estimate of drug-likeness (QED) is 0.105. The van der Waals surface area contributed by atoms with Gasteiger partial charge in [0.2, 0.25) is 0 Å². The number of hydrogen-bond donors (Lipinski definition) is 0. The second-order valence-corrected chi connectivity index (χ2v) is 25.1. The maximum absolute atomic E-state index is 6.11. The van der Waals surface area contributed by atoms with Gasteiger partial charge in [0.25, 0.3) is 0 Å². The standard InChI is InChI=1S/C88H56N12/c1-9-25-59(26-10-1)95(60-27-11-2-12-28-60)67-49-71-73-53-69(97(63-33-17-5-18-34-63)64-35-19-6-20-36-64)55-91-87(73)99-83(71)75(51-67)77-81-82(94-80(58-43-47-90-48-44-58)79(93-81)57-41-45-89-46-42-57)78-76-52-68(96(61-29-13-3-14-30-61)62-31-15-4-16-32-62)50-72-74-54-70(56-92-88(74)100(84(72)76)86(78)85(77)99)98(65-37-21-7-22-38-65)66-39-23-8-24-40-66/h1-56H. The number of nitrogens with zero attached hydrogens (tertiary/aromatic N) is 12. The predicted molar refractivity (Wildman–Crippen MR) is 410 cm³/mol. The molecule has 0 aliphatic heterocycles. The second kappa shape index (κ2) is 22.9. The fourth-order valence-electron chi connectivity index (χ4n) is 15.3. The van der Waals surface area contributed by atoms with Crippen LogP contribution in [0.4, 0.5) is 68.2 Å². The van der Waals surface area contributed by atoms with Crippen molar-refractivity contribution in [2.75, 3.05) is 19.6 Å². The molecule has 20 rings (SSSR count). The molecule has 0 bridgehead atoms. The largest absolute Gasteiger partial charge is 0.310 e. The number of aromatic nitrogens is 8. The van der Waals surface area contributed by atoms with E-state index in [1.165, 1.54) is 0 Å². The van der Waals surface area contributed by atoms with E-state index in [4.69, 9.17) is 19.9 Å². The summed E-state index contributed by atoms with van der Waals surface area (Å²) in [5.41, 5.74) is 22.0. The number of benzene rings is 11. The molecule has 100 heavy (non-hydrogen) atoms. The van der Waals surface area contributed by atoms with E-state index in [-0.39, 0.29) is 0 Å². The molecule has 20 aromatic rings. The summed E-state index contributed by atoms with van der Waals surface area (Å²) in [6.07, 6.45) is 11.4. The minimum Gasteiger partial charge on any atom is -0.310 e. The van der Waals surface area contributed by atoms with Crippen LogP contribution in [0.3, 0.4) is 0 Å². The summed E-state index contributed by atoms with van der Waals surface area (Å²) in [6, 6.07) is 107. The average Bonchev–Trinajstić information content (AvgIpc) is 1.49. The van der Waals surface area contributed by atoms with Gasteiger partial charge in [0, 0.05) is 136 Å². The van der Waals surface area contributed by atoms with Crippen molar-refractivity contribution in [3.8, 4) is 22.5 Å². The van der Waals surface area contributed by atoms with Crippen LogP contribution in [0.2, 0.25) is 0 Å². The molecule has 9 heterocycles. The maximum atomic E-state index is 6.11. The summed E-state index contributed by atoms with van der Waals surface area (Å²) in [5, 5.41) is 7.84. The normalized spacial score (nSPS) is 11.8. The van der Waals surface area contributed by atoms with Crippen LogP contribution < -0.4 is 19.6 Å². The third-order valence-electron chi connectivity index (χ3n) is 19.5. The lowest BCUT2D eigenvalue weighted by Gasteiger charge is -2.26. The number of rotatable bonds is 14. The molecular weight excluding hydrogens is 1230 g/mol. The Morgan fingerprint density at radius 3 is 0.760 bits per heavy atom. The van der Waals surface area contributed by atoms with E-state index in [2.05, 4.69) is 317 Å². The van der Waals surface area contributed by atoms with E-state index < -0.39 is 0 Å². The van der Waals surface area contributed by atoms with E-state index in [1.54, 1.807) is 0 Å². The van der Waals surface area contributed by atoms with Crippen LogP contribution >= 0.6 is 0 Å². The highest BCUT2D eigenvalue weighted by Crippen LogP contribution is 2.54. The van der Waals surface area contributed by atoms with Gasteiger partial charge in [0.1, 0.15) is 22.3 Å². The van der Waals surface area contributed by atoms with E-state index in [1.807, 2.05) is 61.4 Å². The number of para-hydroxylation sites is 8. The minimum absolute atomic E-state index is 0.717. The van der Waals surface area contributed by atoms with Gasteiger partial charge in [-0.15, -0.1) is 0 Å². The third kappa shape index (κ3) is 8.87. The number of pyridine rings is 4. The Balaban J connectivity index is 1.01. The lowest BCUT2D eigenvalue weighted by molar-refractivity contribution is 1.21. The zero-order valence-corrected chi connectivity index (χ0v) is 53.7. The molecule has 12 nitrogen and oxygen atoms in total. The first-order valence-corrected chi connectivity index (χ1v) is 33.5. The van der Waals surface area contributed by atoms with E-state index >= 15 is 0 Å². The zero-order valence-electron chi connectivity index (χ0n) is 53.7. The summed E-state index contributed by atoms with van der Waals surface area (Å²) < 4.78 is 4.87. The highest BCUT2D eigenvalue weighted by atomic mass is 15.2. The number of hydrogen-bond acceptors (Lipinski definition) is 10. The Labute approximate surface area is 573 Å². The molecule has 0 aliphatic rings. The van der Waals surface area contributed by atoms with Crippen LogP contribution in [0.5, 0.6) is 0 Å². The molecule has 0 radical (unpaired) electrons. The first-order valence-electron chi connectivity index (χ1n) is 33.5. The molecule has 0 fully saturated rings. The van der Waals surface area contributed by atoms with Crippen LogP contribution in [0.1, 0.15) is 0 Å². The van der Waals surface area contributed by atoms with Crippen molar-refractivity contribution >= 4 is 156 Å². The van der Waals surface area contributed by atoms with Crippen LogP contribution in [-0.4, -0.2) is 38.7 Å². The first-order chi connectivity index (χ1) is 49.7. The van der Waals surface area contributed by atoms with Gasteiger partial charge in [0.15, 0.2) is 0 Å². The molecule has 11 aromatic carbocycles. The zero-order chi connectivity index (χ0) is 65.8. The Morgan fingerprint density at radius 2 is 0.480 bits per heavy atom. The van der Waals surface area contributed by atoms with Crippen molar-refractivity contribution in [2.45, 2.75) is 0 Å². The van der Waals surface area contributed by atoms with Crippen LogP contribution in [-0.2, 0) is 0 Å². The van der Waals surface area contributed by atoms with Gasteiger partial charge in [-0.2, -0.15) is 0 Å². The lowest BCUT2D eigenvalue weighted by atomic mass is 9.99. The average molecular weight is 1280 g/mol. The maximum Gasteiger partial charge on any atom is 0.145 e. The highest BCUT2D eigenvalue weighted by Gasteiger charge is 2.33. The fraction of sp³-hybridized carbons (Fsp3) is 0. The second-order valence-electron chi connectivity index (χ2n) is 25.1. The van der Waals surface area contributed by atoms with Crippen molar-refractivity contribution in [2.24, 2.45) is 0 Å². The summed E-state index contributed by atoms with van der Waals surface area (Å²) >= 11 is 0. The Morgan fingerprint density at radius 1 is 0.230 bits per heavy atom. The molecule has 9 aromatic heterocycles. The Bertz CT molecular complexity index is 5880. The van der Waals surface area contributed by atoms with Crippen molar-refractivity contribution in [1.29, 1.82) is 0 Å². The molecule has 0 aliphatic carbocycles. The first kappa shape index (κ1) is 56.5. The Hall–Kier alpha value is -13.8. The highest BCUT2D eigenvalue weighted by molar-refractivity contribution is 6.40. The number of fused-ring (bicyclic) bond motifs is 16. The number of anilines is 12. The molecule has 0 saturated heterocycles. The molecular formula is C88H56N12. The van der Waals surface area contributed by atoms with Gasteiger partial charge < -0.3 is 19.6 Å². The molecule has 0 saturated carbocycles. The van der Waals surface area contributed by atoms with E-state index in [9.17, 15) is 0 Å². The van der Waals surface area contributed by atoms with Gasteiger partial charge in [-0.3, -0.25) is 18.8 Å². The van der Waals surface area contributed by atoms with Gasteiger partial charge in [-0.1, -0.05) is 146 Å². The van der Waals surface area contributed by atoms with Gasteiger partial charge in [0.05, 0.1) is 57.2 Å². The monoisotopic (exact) mass is 1280 g/mol. The third-order valence-corrected chi connectivity index (χ3v) is 19.5. The topological polar surface area (TPSA) is 99.1 Å². The minimum atomic E-state index is 0.717. The molecule has 0 spiro atoms. The van der Waals surface area contributed by atoms with E-state index in [0.717, 1.165) is 167 Å². The fourth-order valence-corrected chi connectivity index (χ4v) is 15.3. The molecule has 12 heteroatoms. The summed E-state index contributed by atoms with van der Waals surface area (Å²) in [6.45, 7) is 0. The van der Waals surface area contributed by atoms with Crippen molar-refractivity contribution < 1.29 is 0 Å². The van der Waals surface area contributed by atoms with Crippen LogP contribution in [0, 0.1) is 0 Å². The summed E-state index contributed by atoms with van der Waals surface area (Å²) in [5.74, 6) is 0. The summed E-state index contributed by atoms with van der Waals surface area (Å²) in [7, 11) is 0. The van der Waals surface area contributed by atoms with Crippen LogP contribution in [0.15, 0.2) is 340 Å². The lowest BCUT2D eigenvalue weighted by Crippen LogP contribution is -2.10. The van der Waals surface area contributed by atoms with Crippen molar-refractivity contribution in [3.05, 3.63) is 340 Å². The van der Waals surface area contributed by atoms with Gasteiger partial charge in [-0.05, 0) is 158 Å². The molecule has 0 atom stereocenters. The van der Waals surface area contributed by atoms with E-state index in [0.29, 0.717) is 11.4 Å². The van der Waals surface area contributed by atoms with Gasteiger partial charge >= 0.3 is 0 Å².